The molecule has 0 radical (unpaired) electrons. The molecule has 0 aliphatic carbocycles. The van der Waals surface area contributed by atoms with Gasteiger partial charge in [-0.25, -0.2) is 4.99 Å². The maximum atomic E-state index is 5.82. The first-order valence-electron chi connectivity index (χ1n) is 8.06. The van der Waals surface area contributed by atoms with Crippen LogP contribution in [0.3, 0.4) is 0 Å². The van der Waals surface area contributed by atoms with Crippen LogP contribution in [0.2, 0.25) is 0 Å². The van der Waals surface area contributed by atoms with Gasteiger partial charge in [-0.15, -0.1) is 0 Å². The minimum atomic E-state index is 0.470. The maximum absolute atomic E-state index is 5.82. The van der Waals surface area contributed by atoms with E-state index in [0.717, 1.165) is 24.6 Å². The highest BCUT2D eigenvalue weighted by Gasteiger charge is 2.15. The molecule has 1 aliphatic heterocycles. The van der Waals surface area contributed by atoms with Crippen molar-refractivity contribution in [3.05, 3.63) is 42.0 Å². The third kappa shape index (κ3) is 5.10. The van der Waals surface area contributed by atoms with Gasteiger partial charge < -0.3 is 16.0 Å². The van der Waals surface area contributed by atoms with Gasteiger partial charge in [0.25, 0.3) is 0 Å². The van der Waals surface area contributed by atoms with Crippen molar-refractivity contribution >= 4 is 11.6 Å². The third-order valence-corrected chi connectivity index (χ3v) is 4.09. The Morgan fingerprint density at radius 1 is 1.32 bits per heavy atom. The highest BCUT2D eigenvalue weighted by Crippen LogP contribution is 2.23. The standard InChI is InChI=1S/C18H28N4/c1-14(2)12-20-18(19)21-13-16-4-6-17(7-5-16)22-10-8-15(3)9-11-22/h4-7,15H,1,8-13H2,2-3H3,(H3,19,20,21). The Hall–Kier alpha value is -1.97. The molecule has 1 saturated heterocycles. The lowest BCUT2D eigenvalue weighted by Crippen LogP contribution is -2.32. The van der Waals surface area contributed by atoms with E-state index >= 15 is 0 Å². The minimum Gasteiger partial charge on any atom is -0.372 e. The predicted molar refractivity (Wildman–Crippen MR) is 95.2 cm³/mol. The molecule has 0 bridgehead atoms. The van der Waals surface area contributed by atoms with Crippen molar-refractivity contribution in [2.24, 2.45) is 16.6 Å². The van der Waals surface area contributed by atoms with Crippen LogP contribution in [0, 0.1) is 5.92 Å². The number of hydrogen-bond acceptors (Lipinski definition) is 2. The molecule has 0 amide bonds. The first-order valence-corrected chi connectivity index (χ1v) is 8.06. The van der Waals surface area contributed by atoms with Gasteiger partial charge >= 0.3 is 0 Å². The molecule has 22 heavy (non-hydrogen) atoms. The molecule has 0 unspecified atom stereocenters. The van der Waals surface area contributed by atoms with Crippen molar-refractivity contribution in [2.75, 3.05) is 24.5 Å². The van der Waals surface area contributed by atoms with Gasteiger partial charge in [-0.05, 0) is 43.4 Å². The molecule has 2 rings (SSSR count). The molecule has 0 saturated carbocycles. The van der Waals surface area contributed by atoms with Crippen LogP contribution < -0.4 is 16.0 Å². The lowest BCUT2D eigenvalue weighted by molar-refractivity contribution is 0.438. The number of nitrogens with one attached hydrogen (secondary N) is 1. The van der Waals surface area contributed by atoms with Crippen LogP contribution in [0.5, 0.6) is 0 Å². The van der Waals surface area contributed by atoms with Gasteiger partial charge in [-0.2, -0.15) is 0 Å². The minimum absolute atomic E-state index is 0.470. The van der Waals surface area contributed by atoms with Crippen molar-refractivity contribution in [1.82, 2.24) is 5.32 Å². The van der Waals surface area contributed by atoms with E-state index in [1.807, 2.05) is 6.92 Å². The Morgan fingerprint density at radius 3 is 2.55 bits per heavy atom. The van der Waals surface area contributed by atoms with Crippen molar-refractivity contribution in [3.63, 3.8) is 0 Å². The summed E-state index contributed by atoms with van der Waals surface area (Å²) in [7, 11) is 0. The van der Waals surface area contributed by atoms with Crippen molar-refractivity contribution in [3.8, 4) is 0 Å². The van der Waals surface area contributed by atoms with Crippen LogP contribution in [0.25, 0.3) is 0 Å². The Kier molecular flexibility index (Phi) is 5.87. The lowest BCUT2D eigenvalue weighted by Gasteiger charge is -2.32. The highest BCUT2D eigenvalue weighted by atomic mass is 15.1. The Morgan fingerprint density at radius 2 is 1.95 bits per heavy atom. The highest BCUT2D eigenvalue weighted by molar-refractivity contribution is 5.78. The number of hydrogen-bond donors (Lipinski definition) is 2. The quantitative estimate of drug-likeness (QED) is 0.499. The molecule has 1 fully saturated rings. The van der Waals surface area contributed by atoms with Crippen molar-refractivity contribution in [1.29, 1.82) is 0 Å². The van der Waals surface area contributed by atoms with Crippen molar-refractivity contribution in [2.45, 2.75) is 33.2 Å². The zero-order valence-corrected chi connectivity index (χ0v) is 13.8. The molecule has 0 atom stereocenters. The molecule has 3 N–H and O–H groups in total. The number of nitrogens with zero attached hydrogens (tertiary/aromatic N) is 2. The molecule has 1 aliphatic rings. The van der Waals surface area contributed by atoms with E-state index < -0.39 is 0 Å². The predicted octanol–water partition coefficient (Wildman–Crippen LogP) is 2.90. The van der Waals surface area contributed by atoms with Crippen molar-refractivity contribution < 1.29 is 0 Å². The zero-order valence-electron chi connectivity index (χ0n) is 13.8. The molecule has 120 valence electrons. The fourth-order valence-electron chi connectivity index (χ4n) is 2.55. The van der Waals surface area contributed by atoms with Crippen LogP contribution in [0.1, 0.15) is 32.3 Å². The number of piperidine rings is 1. The van der Waals surface area contributed by atoms with Gasteiger partial charge in [-0.1, -0.05) is 31.2 Å². The van der Waals surface area contributed by atoms with Crippen LogP contribution in [-0.4, -0.2) is 25.6 Å². The van der Waals surface area contributed by atoms with Crippen LogP contribution in [0.15, 0.2) is 41.4 Å². The number of anilines is 1. The van der Waals surface area contributed by atoms with Crippen LogP contribution in [0.4, 0.5) is 5.69 Å². The maximum Gasteiger partial charge on any atom is 0.189 e. The van der Waals surface area contributed by atoms with Gasteiger partial charge in [0.1, 0.15) is 0 Å². The van der Waals surface area contributed by atoms with Crippen LogP contribution in [-0.2, 0) is 6.54 Å². The summed E-state index contributed by atoms with van der Waals surface area (Å²) in [5, 5.41) is 3.04. The second kappa shape index (κ2) is 7.87. The average molecular weight is 300 g/mol. The Balaban J connectivity index is 1.86. The first kappa shape index (κ1) is 16.4. The summed E-state index contributed by atoms with van der Waals surface area (Å²) in [5.74, 6) is 1.33. The number of nitrogens with two attached hydrogens (primary N) is 1. The number of benzene rings is 1. The fourth-order valence-corrected chi connectivity index (χ4v) is 2.55. The smallest absolute Gasteiger partial charge is 0.189 e. The second-order valence-electron chi connectivity index (χ2n) is 6.35. The number of aliphatic imine (C=N–C) groups is 1. The molecule has 1 aromatic rings. The summed E-state index contributed by atoms with van der Waals surface area (Å²) in [4.78, 5) is 6.82. The summed E-state index contributed by atoms with van der Waals surface area (Å²) >= 11 is 0. The van der Waals surface area contributed by atoms with E-state index in [2.05, 4.69) is 53.0 Å². The van der Waals surface area contributed by atoms with E-state index in [1.165, 1.54) is 24.1 Å². The lowest BCUT2D eigenvalue weighted by atomic mass is 9.99. The fraction of sp³-hybridized carbons (Fsp3) is 0.500. The Labute approximate surface area is 134 Å². The second-order valence-corrected chi connectivity index (χ2v) is 6.35. The van der Waals surface area contributed by atoms with E-state index in [9.17, 15) is 0 Å². The summed E-state index contributed by atoms with van der Waals surface area (Å²) in [5.41, 5.74) is 9.35. The molecule has 0 aromatic heterocycles. The molecule has 0 spiro atoms. The van der Waals surface area contributed by atoms with E-state index in [-0.39, 0.29) is 0 Å². The first-order chi connectivity index (χ1) is 10.5. The van der Waals surface area contributed by atoms with Gasteiger partial charge in [0.15, 0.2) is 5.96 Å². The molecular formula is C18H28N4. The SMILES string of the molecule is C=C(C)CNC(N)=NCc1ccc(N2CCC(C)CC2)cc1. The topological polar surface area (TPSA) is 53.6 Å². The largest absolute Gasteiger partial charge is 0.372 e. The summed E-state index contributed by atoms with van der Waals surface area (Å²) in [6.07, 6.45) is 2.58. The van der Waals surface area contributed by atoms with E-state index in [1.54, 1.807) is 0 Å². The Bertz CT molecular complexity index is 510. The van der Waals surface area contributed by atoms with E-state index in [0.29, 0.717) is 19.0 Å². The number of guanidine groups is 1. The monoisotopic (exact) mass is 300 g/mol. The van der Waals surface area contributed by atoms with Crippen LogP contribution >= 0.6 is 0 Å². The summed E-state index contributed by atoms with van der Waals surface area (Å²) in [6.45, 7) is 11.7. The normalized spacial score (nSPS) is 16.6. The summed E-state index contributed by atoms with van der Waals surface area (Å²) < 4.78 is 0. The van der Waals surface area contributed by atoms with E-state index in [4.69, 9.17) is 5.73 Å². The third-order valence-electron chi connectivity index (χ3n) is 4.09. The van der Waals surface area contributed by atoms with Gasteiger partial charge in [0.05, 0.1) is 6.54 Å². The number of rotatable bonds is 5. The summed E-state index contributed by atoms with van der Waals surface area (Å²) in [6, 6.07) is 8.67. The molecule has 4 nitrogen and oxygen atoms in total. The zero-order chi connectivity index (χ0) is 15.9. The van der Waals surface area contributed by atoms with Gasteiger partial charge in [0.2, 0.25) is 0 Å². The van der Waals surface area contributed by atoms with Gasteiger partial charge in [-0.3, -0.25) is 0 Å². The average Bonchev–Trinajstić information content (AvgIpc) is 2.52. The van der Waals surface area contributed by atoms with Gasteiger partial charge in [0, 0.05) is 25.3 Å². The molecule has 4 heteroatoms. The molecule has 1 heterocycles. The molecule has 1 aromatic carbocycles. The molecular weight excluding hydrogens is 272 g/mol.